The average molecular weight is 226 g/mol. The fourth-order valence-corrected chi connectivity index (χ4v) is 1.60. The van der Waals surface area contributed by atoms with E-state index in [0.29, 0.717) is 11.1 Å². The van der Waals surface area contributed by atoms with Gasteiger partial charge in [0.05, 0.1) is 5.69 Å². The SMILES string of the molecule is CN(N)c1ccc(C(=O)c2ccccc2)cc1. The van der Waals surface area contributed by atoms with Crippen LogP contribution >= 0.6 is 0 Å². The van der Waals surface area contributed by atoms with Gasteiger partial charge in [0.1, 0.15) is 0 Å². The van der Waals surface area contributed by atoms with E-state index in [1.165, 1.54) is 5.01 Å². The van der Waals surface area contributed by atoms with Gasteiger partial charge in [0.2, 0.25) is 0 Å². The Morgan fingerprint density at radius 2 is 1.47 bits per heavy atom. The first-order valence-electron chi connectivity index (χ1n) is 5.37. The summed E-state index contributed by atoms with van der Waals surface area (Å²) >= 11 is 0. The van der Waals surface area contributed by atoms with Gasteiger partial charge in [-0.1, -0.05) is 30.3 Å². The molecule has 3 heteroatoms. The van der Waals surface area contributed by atoms with Gasteiger partial charge in [-0.2, -0.15) is 0 Å². The molecule has 2 aromatic rings. The maximum absolute atomic E-state index is 12.1. The molecule has 0 radical (unpaired) electrons. The van der Waals surface area contributed by atoms with E-state index in [4.69, 9.17) is 5.84 Å². The molecule has 0 aromatic heterocycles. The van der Waals surface area contributed by atoms with E-state index in [0.717, 1.165) is 5.69 Å². The minimum Gasteiger partial charge on any atom is -0.314 e. The molecule has 0 unspecified atom stereocenters. The predicted octanol–water partition coefficient (Wildman–Crippen LogP) is 2.23. The van der Waals surface area contributed by atoms with Crippen molar-refractivity contribution in [2.75, 3.05) is 12.1 Å². The van der Waals surface area contributed by atoms with Crippen LogP contribution < -0.4 is 10.9 Å². The number of ketones is 1. The summed E-state index contributed by atoms with van der Waals surface area (Å²) in [5.74, 6) is 5.62. The molecule has 0 aliphatic heterocycles. The minimum atomic E-state index is 0.0248. The summed E-state index contributed by atoms with van der Waals surface area (Å²) < 4.78 is 0. The predicted molar refractivity (Wildman–Crippen MR) is 68.9 cm³/mol. The van der Waals surface area contributed by atoms with Crippen LogP contribution in [0, 0.1) is 0 Å². The second-order valence-electron chi connectivity index (χ2n) is 3.85. The Morgan fingerprint density at radius 1 is 0.941 bits per heavy atom. The number of hydrogen-bond acceptors (Lipinski definition) is 3. The number of benzene rings is 2. The standard InChI is InChI=1S/C14H14N2O/c1-16(15)13-9-7-12(8-10-13)14(17)11-5-3-2-4-6-11/h2-10H,15H2,1H3. The molecule has 0 saturated carbocycles. The highest BCUT2D eigenvalue weighted by Crippen LogP contribution is 2.14. The summed E-state index contributed by atoms with van der Waals surface area (Å²) in [7, 11) is 1.76. The lowest BCUT2D eigenvalue weighted by molar-refractivity contribution is 0.103. The quantitative estimate of drug-likeness (QED) is 0.496. The van der Waals surface area contributed by atoms with Crippen LogP contribution in [0.5, 0.6) is 0 Å². The summed E-state index contributed by atoms with van der Waals surface area (Å²) in [6, 6.07) is 16.5. The molecular formula is C14H14N2O. The minimum absolute atomic E-state index is 0.0248. The monoisotopic (exact) mass is 226 g/mol. The Balaban J connectivity index is 2.27. The maximum atomic E-state index is 12.1. The van der Waals surface area contributed by atoms with E-state index < -0.39 is 0 Å². The summed E-state index contributed by atoms with van der Waals surface area (Å²) in [5, 5.41) is 1.51. The molecular weight excluding hydrogens is 212 g/mol. The number of hydrazine groups is 1. The van der Waals surface area contributed by atoms with Gasteiger partial charge >= 0.3 is 0 Å². The fraction of sp³-hybridized carbons (Fsp3) is 0.0714. The lowest BCUT2D eigenvalue weighted by Gasteiger charge is -2.11. The van der Waals surface area contributed by atoms with Gasteiger partial charge < -0.3 is 5.01 Å². The normalized spacial score (nSPS) is 10.0. The van der Waals surface area contributed by atoms with Crippen molar-refractivity contribution in [2.45, 2.75) is 0 Å². The van der Waals surface area contributed by atoms with Gasteiger partial charge in [-0.05, 0) is 24.3 Å². The summed E-state index contributed by atoms with van der Waals surface area (Å²) in [4.78, 5) is 12.1. The van der Waals surface area contributed by atoms with Crippen molar-refractivity contribution in [3.8, 4) is 0 Å². The molecule has 86 valence electrons. The molecule has 0 amide bonds. The zero-order valence-corrected chi connectivity index (χ0v) is 9.63. The Labute approximate surface area is 100 Å². The van der Waals surface area contributed by atoms with E-state index in [1.807, 2.05) is 42.5 Å². The number of hydrogen-bond donors (Lipinski definition) is 1. The molecule has 2 N–H and O–H groups in total. The first-order valence-corrected chi connectivity index (χ1v) is 5.37. The number of rotatable bonds is 3. The molecule has 0 spiro atoms. The molecule has 0 atom stereocenters. The van der Waals surface area contributed by atoms with Gasteiger partial charge in [-0.3, -0.25) is 4.79 Å². The summed E-state index contributed by atoms with van der Waals surface area (Å²) in [6.07, 6.45) is 0. The summed E-state index contributed by atoms with van der Waals surface area (Å²) in [5.41, 5.74) is 2.23. The van der Waals surface area contributed by atoms with Crippen LogP contribution in [0.15, 0.2) is 54.6 Å². The van der Waals surface area contributed by atoms with Crippen LogP contribution in [-0.2, 0) is 0 Å². The van der Waals surface area contributed by atoms with E-state index in [1.54, 1.807) is 19.2 Å². The molecule has 2 aromatic carbocycles. The first-order chi connectivity index (χ1) is 8.18. The molecule has 0 fully saturated rings. The van der Waals surface area contributed by atoms with Gasteiger partial charge in [0.15, 0.2) is 5.78 Å². The number of nitrogens with zero attached hydrogens (tertiary/aromatic N) is 1. The van der Waals surface area contributed by atoms with Crippen molar-refractivity contribution in [3.63, 3.8) is 0 Å². The fourth-order valence-electron chi connectivity index (χ4n) is 1.60. The van der Waals surface area contributed by atoms with Gasteiger partial charge in [0, 0.05) is 18.2 Å². The molecule has 0 aliphatic carbocycles. The first kappa shape index (κ1) is 11.4. The van der Waals surface area contributed by atoms with Crippen molar-refractivity contribution in [1.82, 2.24) is 0 Å². The molecule has 0 saturated heterocycles. The topological polar surface area (TPSA) is 46.3 Å². The Bertz CT molecular complexity index is 504. The van der Waals surface area contributed by atoms with E-state index in [2.05, 4.69) is 0 Å². The average Bonchev–Trinajstić information content (AvgIpc) is 2.39. The molecule has 17 heavy (non-hydrogen) atoms. The van der Waals surface area contributed by atoms with Crippen LogP contribution in [0.4, 0.5) is 5.69 Å². The van der Waals surface area contributed by atoms with Crippen molar-refractivity contribution in [1.29, 1.82) is 0 Å². The maximum Gasteiger partial charge on any atom is 0.193 e. The Hall–Kier alpha value is -2.13. The third-order valence-corrected chi connectivity index (χ3v) is 2.57. The Morgan fingerprint density at radius 3 is 2.00 bits per heavy atom. The second kappa shape index (κ2) is 4.80. The molecule has 2 rings (SSSR count). The zero-order valence-electron chi connectivity index (χ0n) is 9.63. The number of carbonyl (C=O) groups excluding carboxylic acids is 1. The van der Waals surface area contributed by atoms with Crippen LogP contribution in [0.1, 0.15) is 15.9 Å². The van der Waals surface area contributed by atoms with E-state index >= 15 is 0 Å². The van der Waals surface area contributed by atoms with E-state index in [-0.39, 0.29) is 5.78 Å². The highest BCUT2D eigenvalue weighted by molar-refractivity contribution is 6.09. The van der Waals surface area contributed by atoms with Gasteiger partial charge in [0.25, 0.3) is 0 Å². The van der Waals surface area contributed by atoms with Crippen LogP contribution in [0.2, 0.25) is 0 Å². The zero-order chi connectivity index (χ0) is 12.3. The third kappa shape index (κ3) is 2.52. The van der Waals surface area contributed by atoms with Gasteiger partial charge in [-0.25, -0.2) is 5.84 Å². The number of anilines is 1. The van der Waals surface area contributed by atoms with Crippen LogP contribution in [0.3, 0.4) is 0 Å². The lowest BCUT2D eigenvalue weighted by atomic mass is 10.0. The number of nitrogens with two attached hydrogens (primary N) is 1. The molecule has 0 bridgehead atoms. The van der Waals surface area contributed by atoms with Crippen molar-refractivity contribution < 1.29 is 4.79 Å². The second-order valence-corrected chi connectivity index (χ2v) is 3.85. The number of carbonyl (C=O) groups is 1. The van der Waals surface area contributed by atoms with Crippen LogP contribution in [-0.4, -0.2) is 12.8 Å². The lowest BCUT2D eigenvalue weighted by Crippen LogP contribution is -2.24. The van der Waals surface area contributed by atoms with Crippen molar-refractivity contribution in [2.24, 2.45) is 5.84 Å². The van der Waals surface area contributed by atoms with Gasteiger partial charge in [-0.15, -0.1) is 0 Å². The highest BCUT2D eigenvalue weighted by atomic mass is 16.1. The third-order valence-electron chi connectivity index (χ3n) is 2.57. The molecule has 3 nitrogen and oxygen atoms in total. The Kier molecular flexibility index (Phi) is 3.21. The highest BCUT2D eigenvalue weighted by Gasteiger charge is 2.08. The smallest absolute Gasteiger partial charge is 0.193 e. The van der Waals surface area contributed by atoms with E-state index in [9.17, 15) is 4.79 Å². The molecule has 0 aliphatic rings. The summed E-state index contributed by atoms with van der Waals surface area (Å²) in [6.45, 7) is 0. The van der Waals surface area contributed by atoms with Crippen molar-refractivity contribution in [3.05, 3.63) is 65.7 Å². The largest absolute Gasteiger partial charge is 0.314 e. The van der Waals surface area contributed by atoms with Crippen LogP contribution in [0.25, 0.3) is 0 Å². The van der Waals surface area contributed by atoms with Crippen molar-refractivity contribution >= 4 is 11.5 Å². The molecule has 0 heterocycles.